The second-order valence-corrected chi connectivity index (χ2v) is 6.42. The van der Waals surface area contributed by atoms with Gasteiger partial charge in [0.25, 0.3) is 5.91 Å². The van der Waals surface area contributed by atoms with E-state index in [1.54, 1.807) is 18.3 Å². The van der Waals surface area contributed by atoms with E-state index in [9.17, 15) is 9.90 Å². The number of phenols is 1. The monoisotopic (exact) mass is 444 g/mol. The van der Waals surface area contributed by atoms with Crippen molar-refractivity contribution in [1.82, 2.24) is 9.99 Å². The largest absolute Gasteiger partial charge is 0.507 e. The van der Waals surface area contributed by atoms with Gasteiger partial charge in [0.2, 0.25) is 0 Å². The van der Waals surface area contributed by atoms with Crippen molar-refractivity contribution in [1.29, 1.82) is 5.26 Å². The number of hydrogen-bond acceptors (Lipinski definition) is 4. The van der Waals surface area contributed by atoms with Crippen LogP contribution in [0.3, 0.4) is 0 Å². The van der Waals surface area contributed by atoms with E-state index in [-0.39, 0.29) is 12.3 Å². The lowest BCUT2D eigenvalue weighted by atomic mass is 10.2. The summed E-state index contributed by atoms with van der Waals surface area (Å²) in [4.78, 5) is 12.1. The Hall–Kier alpha value is -2.86. The maximum Gasteiger partial charge on any atom is 0.271 e. The molecule has 0 aliphatic heterocycles. The van der Waals surface area contributed by atoms with E-state index in [1.165, 1.54) is 6.07 Å². The normalized spacial score (nSPS) is 10.9. The van der Waals surface area contributed by atoms with E-state index in [2.05, 4.69) is 16.6 Å². The van der Waals surface area contributed by atoms with Crippen molar-refractivity contribution < 1.29 is 9.90 Å². The zero-order chi connectivity index (χ0) is 17.8. The van der Waals surface area contributed by atoms with Gasteiger partial charge in [-0.25, -0.2) is 5.43 Å². The Bertz CT molecular complexity index is 1020. The Morgan fingerprint density at radius 1 is 1.36 bits per heavy atom. The third-order valence-electron chi connectivity index (χ3n) is 3.64. The van der Waals surface area contributed by atoms with Gasteiger partial charge in [-0.15, -0.1) is 0 Å². The molecular formula is C18H13IN4O2. The summed E-state index contributed by atoms with van der Waals surface area (Å²) < 4.78 is 2.50. The molecule has 0 bridgehead atoms. The summed E-state index contributed by atoms with van der Waals surface area (Å²) >= 11 is 1.98. The van der Waals surface area contributed by atoms with Crippen molar-refractivity contribution in [3.8, 4) is 11.8 Å². The predicted octanol–water partition coefficient (Wildman–Crippen LogP) is 3.24. The topological polar surface area (TPSA) is 90.4 Å². The van der Waals surface area contributed by atoms with E-state index in [0.29, 0.717) is 9.13 Å². The van der Waals surface area contributed by atoms with Crippen molar-refractivity contribution >= 4 is 45.6 Å². The first-order valence-electron chi connectivity index (χ1n) is 7.37. The summed E-state index contributed by atoms with van der Waals surface area (Å²) in [6.07, 6.45) is 3.36. The van der Waals surface area contributed by atoms with Crippen LogP contribution in [0.4, 0.5) is 0 Å². The highest BCUT2D eigenvalue weighted by Gasteiger charge is 2.08. The van der Waals surface area contributed by atoms with Gasteiger partial charge in [-0.05, 0) is 46.9 Å². The Morgan fingerprint density at radius 3 is 2.92 bits per heavy atom. The van der Waals surface area contributed by atoms with Gasteiger partial charge in [-0.3, -0.25) is 4.79 Å². The molecule has 7 heteroatoms. The number of halogens is 1. The minimum Gasteiger partial charge on any atom is -0.507 e. The van der Waals surface area contributed by atoms with Gasteiger partial charge in [0.15, 0.2) is 0 Å². The molecule has 0 saturated carbocycles. The highest BCUT2D eigenvalue weighted by Crippen LogP contribution is 2.21. The number of hydrogen-bond donors (Lipinski definition) is 2. The number of benzene rings is 2. The summed E-state index contributed by atoms with van der Waals surface area (Å²) in [5.41, 5.74) is 4.50. The van der Waals surface area contributed by atoms with Crippen LogP contribution in [0.25, 0.3) is 10.9 Å². The fraction of sp³-hybridized carbons (Fsp3) is 0.0556. The second kappa shape index (κ2) is 7.36. The van der Waals surface area contributed by atoms with Crippen LogP contribution in [-0.4, -0.2) is 21.8 Å². The van der Waals surface area contributed by atoms with Crippen molar-refractivity contribution in [2.24, 2.45) is 5.10 Å². The number of carbonyl (C=O) groups excluding carboxylic acids is 1. The van der Waals surface area contributed by atoms with E-state index in [0.717, 1.165) is 16.5 Å². The van der Waals surface area contributed by atoms with Gasteiger partial charge < -0.3 is 9.67 Å². The fourth-order valence-electron chi connectivity index (χ4n) is 2.46. The Kier molecular flexibility index (Phi) is 5.00. The predicted molar refractivity (Wildman–Crippen MR) is 103 cm³/mol. The molecule has 3 rings (SSSR count). The number of rotatable bonds is 4. The third kappa shape index (κ3) is 3.64. The number of hydrazone groups is 1. The zero-order valence-electron chi connectivity index (χ0n) is 13.0. The molecule has 0 unspecified atom stereocenters. The number of nitrogens with zero attached hydrogens (tertiary/aromatic N) is 3. The lowest BCUT2D eigenvalue weighted by Gasteiger charge is -2.01. The minimum absolute atomic E-state index is 0.0526. The van der Waals surface area contributed by atoms with Crippen LogP contribution in [-0.2, 0) is 6.54 Å². The smallest absolute Gasteiger partial charge is 0.271 e. The molecule has 3 aromatic rings. The second-order valence-electron chi connectivity index (χ2n) is 5.25. The number of amides is 1. The van der Waals surface area contributed by atoms with Crippen LogP contribution in [0.15, 0.2) is 53.8 Å². The van der Waals surface area contributed by atoms with Crippen LogP contribution < -0.4 is 5.43 Å². The first-order chi connectivity index (χ1) is 12.1. The molecule has 0 aliphatic carbocycles. The molecule has 25 heavy (non-hydrogen) atoms. The van der Waals surface area contributed by atoms with Crippen molar-refractivity contribution in [3.63, 3.8) is 0 Å². The summed E-state index contributed by atoms with van der Waals surface area (Å²) in [5, 5.41) is 23.5. The summed E-state index contributed by atoms with van der Waals surface area (Å²) in [6.45, 7) is 0.239. The molecule has 6 nitrogen and oxygen atoms in total. The summed E-state index contributed by atoms with van der Waals surface area (Å²) in [5.74, 6) is -0.361. The van der Waals surface area contributed by atoms with Gasteiger partial charge in [-0.2, -0.15) is 10.4 Å². The van der Waals surface area contributed by atoms with Crippen molar-refractivity contribution in [3.05, 3.63) is 63.4 Å². The highest BCUT2D eigenvalue weighted by molar-refractivity contribution is 14.1. The van der Waals surface area contributed by atoms with Gasteiger partial charge in [0.05, 0.1) is 15.9 Å². The molecule has 1 amide bonds. The maximum absolute atomic E-state index is 12.1. The van der Waals surface area contributed by atoms with Gasteiger partial charge in [0.1, 0.15) is 12.3 Å². The molecule has 124 valence electrons. The van der Waals surface area contributed by atoms with Crippen LogP contribution in [0.2, 0.25) is 0 Å². The molecule has 2 N–H and O–H groups in total. The average Bonchev–Trinajstić information content (AvgIpc) is 2.96. The van der Waals surface area contributed by atoms with Crippen LogP contribution in [0.1, 0.15) is 15.9 Å². The average molecular weight is 444 g/mol. The Labute approximate surface area is 157 Å². The van der Waals surface area contributed by atoms with E-state index in [4.69, 9.17) is 5.26 Å². The molecule has 0 spiro atoms. The molecule has 1 heterocycles. The molecule has 0 saturated heterocycles. The lowest BCUT2D eigenvalue weighted by Crippen LogP contribution is -2.17. The zero-order valence-corrected chi connectivity index (χ0v) is 15.1. The van der Waals surface area contributed by atoms with Gasteiger partial charge >= 0.3 is 0 Å². The number of para-hydroxylation sites is 1. The van der Waals surface area contributed by atoms with Crippen molar-refractivity contribution in [2.45, 2.75) is 6.54 Å². The number of phenolic OH excluding ortho intramolecular Hbond substituents is 1. The number of fused-ring (bicyclic) bond motifs is 1. The maximum atomic E-state index is 12.1. The Balaban J connectivity index is 1.80. The van der Waals surface area contributed by atoms with Gasteiger partial charge in [0, 0.05) is 28.2 Å². The van der Waals surface area contributed by atoms with E-state index >= 15 is 0 Å². The number of nitriles is 1. The number of aromatic nitrogens is 1. The first kappa shape index (κ1) is 17.0. The van der Waals surface area contributed by atoms with Crippen LogP contribution in [0, 0.1) is 14.9 Å². The van der Waals surface area contributed by atoms with Crippen LogP contribution >= 0.6 is 22.6 Å². The number of nitrogens with one attached hydrogen (secondary N) is 1. The molecule has 0 aliphatic rings. The molecular weight excluding hydrogens is 431 g/mol. The van der Waals surface area contributed by atoms with Crippen molar-refractivity contribution in [2.75, 3.05) is 0 Å². The molecule has 0 fully saturated rings. The molecule has 1 aromatic heterocycles. The molecule has 2 aromatic carbocycles. The quantitative estimate of drug-likeness (QED) is 0.368. The highest BCUT2D eigenvalue weighted by atomic mass is 127. The lowest BCUT2D eigenvalue weighted by molar-refractivity contribution is 0.0954. The molecule has 0 radical (unpaired) electrons. The van der Waals surface area contributed by atoms with E-state index in [1.807, 2.05) is 57.6 Å². The standard InChI is InChI=1S/C18H13IN4O2/c19-15-6-5-12(9-17(15)24)18(25)22-21-10-13-11-23(8-7-20)16-4-2-1-3-14(13)16/h1-6,9-11,24H,8H2,(H,22,25)/b21-10-. The number of carbonyl (C=O) groups is 1. The fourth-order valence-corrected chi connectivity index (χ4v) is 2.80. The number of aromatic hydroxyl groups is 1. The van der Waals surface area contributed by atoms with E-state index < -0.39 is 5.91 Å². The first-order valence-corrected chi connectivity index (χ1v) is 8.45. The minimum atomic E-state index is -0.413. The Morgan fingerprint density at radius 2 is 2.16 bits per heavy atom. The molecule has 0 atom stereocenters. The summed E-state index contributed by atoms with van der Waals surface area (Å²) in [7, 11) is 0. The van der Waals surface area contributed by atoms with Crippen LogP contribution in [0.5, 0.6) is 5.75 Å². The summed E-state index contributed by atoms with van der Waals surface area (Å²) in [6, 6.07) is 14.5. The van der Waals surface area contributed by atoms with Gasteiger partial charge in [-0.1, -0.05) is 18.2 Å². The third-order valence-corrected chi connectivity index (χ3v) is 4.55. The SMILES string of the molecule is N#CCn1cc(/C=N\NC(=O)c2ccc(I)c(O)c2)c2ccccc21.